The molecule has 2 nitrogen and oxygen atoms in total. The van der Waals surface area contributed by atoms with E-state index in [1.165, 1.54) is 19.4 Å². The van der Waals surface area contributed by atoms with Crippen LogP contribution in [0.2, 0.25) is 0 Å². The fourth-order valence-electron chi connectivity index (χ4n) is 1.82. The van der Waals surface area contributed by atoms with Gasteiger partial charge in [-0.05, 0) is 31.8 Å². The molecule has 0 radical (unpaired) electrons. The van der Waals surface area contributed by atoms with E-state index < -0.39 is 0 Å². The van der Waals surface area contributed by atoms with Gasteiger partial charge in [0.05, 0.1) is 0 Å². The minimum absolute atomic E-state index is 0.473. The lowest BCUT2D eigenvalue weighted by Gasteiger charge is -2.39. The van der Waals surface area contributed by atoms with Crippen molar-refractivity contribution in [1.82, 2.24) is 10.6 Å². The molecule has 66 valence electrons. The van der Waals surface area contributed by atoms with Crippen molar-refractivity contribution in [2.24, 2.45) is 5.41 Å². The zero-order valence-electron chi connectivity index (χ0n) is 7.91. The number of hydrogen-bond donors (Lipinski definition) is 2. The van der Waals surface area contributed by atoms with Crippen LogP contribution in [0.1, 0.15) is 26.7 Å². The van der Waals surface area contributed by atoms with Crippen molar-refractivity contribution < 1.29 is 0 Å². The normalized spacial score (nSPS) is 30.3. The molecule has 0 amide bonds. The molecule has 0 aromatic carbocycles. The number of piperidine rings is 1. The highest BCUT2D eigenvalue weighted by molar-refractivity contribution is 4.88. The Balaban J connectivity index is 2.45. The first-order chi connectivity index (χ1) is 5.17. The van der Waals surface area contributed by atoms with Gasteiger partial charge in [0.1, 0.15) is 0 Å². The van der Waals surface area contributed by atoms with Crippen LogP contribution >= 0.6 is 0 Å². The van der Waals surface area contributed by atoms with E-state index in [0.29, 0.717) is 11.5 Å². The lowest BCUT2D eigenvalue weighted by atomic mass is 9.77. The molecule has 0 spiro atoms. The topological polar surface area (TPSA) is 24.1 Å². The third-order valence-corrected chi connectivity index (χ3v) is 2.74. The molecule has 1 unspecified atom stereocenters. The molecule has 0 aliphatic carbocycles. The van der Waals surface area contributed by atoms with Gasteiger partial charge in [0.2, 0.25) is 0 Å². The second-order valence-corrected chi connectivity index (χ2v) is 4.16. The molecular formula is C9H20N2. The highest BCUT2D eigenvalue weighted by Gasteiger charge is 2.30. The summed E-state index contributed by atoms with van der Waals surface area (Å²) in [5.74, 6) is 0. The van der Waals surface area contributed by atoms with Crippen molar-refractivity contribution in [3.05, 3.63) is 0 Å². The predicted octanol–water partition coefficient (Wildman–Crippen LogP) is 0.984. The van der Waals surface area contributed by atoms with Crippen molar-refractivity contribution >= 4 is 0 Å². The molecule has 2 N–H and O–H groups in total. The second kappa shape index (κ2) is 3.55. The lowest BCUT2D eigenvalue weighted by molar-refractivity contribution is 0.178. The summed E-state index contributed by atoms with van der Waals surface area (Å²) in [6.07, 6.45) is 2.68. The average molecular weight is 156 g/mol. The van der Waals surface area contributed by atoms with E-state index in [4.69, 9.17) is 0 Å². The summed E-state index contributed by atoms with van der Waals surface area (Å²) >= 11 is 0. The molecule has 1 atom stereocenters. The van der Waals surface area contributed by atoms with Gasteiger partial charge in [-0.2, -0.15) is 0 Å². The zero-order chi connectivity index (χ0) is 8.32. The van der Waals surface area contributed by atoms with Crippen LogP contribution in [0.15, 0.2) is 0 Å². The zero-order valence-corrected chi connectivity index (χ0v) is 7.91. The van der Waals surface area contributed by atoms with Gasteiger partial charge >= 0.3 is 0 Å². The van der Waals surface area contributed by atoms with Crippen LogP contribution in [-0.4, -0.2) is 26.2 Å². The molecule has 11 heavy (non-hydrogen) atoms. The average Bonchev–Trinajstić information content (AvgIpc) is 1.94. The highest BCUT2D eigenvalue weighted by Crippen LogP contribution is 2.29. The Bertz CT molecular complexity index is 119. The van der Waals surface area contributed by atoms with Crippen LogP contribution in [-0.2, 0) is 0 Å². The fourth-order valence-corrected chi connectivity index (χ4v) is 1.82. The van der Waals surface area contributed by atoms with Crippen molar-refractivity contribution in [1.29, 1.82) is 0 Å². The third-order valence-electron chi connectivity index (χ3n) is 2.74. The third kappa shape index (κ3) is 2.17. The van der Waals surface area contributed by atoms with Gasteiger partial charge in [-0.25, -0.2) is 0 Å². The second-order valence-electron chi connectivity index (χ2n) is 4.16. The van der Waals surface area contributed by atoms with E-state index in [1.807, 2.05) is 7.05 Å². The Kier molecular flexibility index (Phi) is 2.90. The first-order valence-corrected chi connectivity index (χ1v) is 4.55. The van der Waals surface area contributed by atoms with E-state index in [2.05, 4.69) is 24.5 Å². The van der Waals surface area contributed by atoms with Crippen molar-refractivity contribution in [2.75, 3.05) is 20.1 Å². The van der Waals surface area contributed by atoms with E-state index in [-0.39, 0.29) is 0 Å². The van der Waals surface area contributed by atoms with Crippen LogP contribution in [0.25, 0.3) is 0 Å². The van der Waals surface area contributed by atoms with Crippen LogP contribution in [0.3, 0.4) is 0 Å². The Morgan fingerprint density at radius 1 is 1.55 bits per heavy atom. The number of hydrogen-bond acceptors (Lipinski definition) is 2. The van der Waals surface area contributed by atoms with Crippen molar-refractivity contribution in [3.63, 3.8) is 0 Å². The molecule has 2 heteroatoms. The molecule has 1 saturated heterocycles. The van der Waals surface area contributed by atoms with Crippen LogP contribution < -0.4 is 10.6 Å². The predicted molar refractivity (Wildman–Crippen MR) is 48.7 cm³/mol. The SMILES string of the molecule is CNCC1NCCCC1(C)C. The molecular weight excluding hydrogens is 136 g/mol. The summed E-state index contributed by atoms with van der Waals surface area (Å²) in [6, 6.07) is 0.654. The summed E-state index contributed by atoms with van der Waals surface area (Å²) in [5.41, 5.74) is 0.473. The first kappa shape index (κ1) is 9.01. The Morgan fingerprint density at radius 2 is 2.27 bits per heavy atom. The van der Waals surface area contributed by atoms with Gasteiger partial charge < -0.3 is 10.6 Å². The maximum atomic E-state index is 3.55. The largest absolute Gasteiger partial charge is 0.318 e. The quantitative estimate of drug-likeness (QED) is 0.623. The molecule has 0 bridgehead atoms. The Hall–Kier alpha value is -0.0800. The smallest absolute Gasteiger partial charge is 0.0243 e. The van der Waals surface area contributed by atoms with E-state index >= 15 is 0 Å². The van der Waals surface area contributed by atoms with Crippen molar-refractivity contribution in [2.45, 2.75) is 32.7 Å². The van der Waals surface area contributed by atoms with Gasteiger partial charge in [0.25, 0.3) is 0 Å². The minimum Gasteiger partial charge on any atom is -0.318 e. The first-order valence-electron chi connectivity index (χ1n) is 4.55. The summed E-state index contributed by atoms with van der Waals surface area (Å²) in [4.78, 5) is 0. The number of likely N-dealkylation sites (N-methyl/N-ethyl adjacent to an activating group) is 1. The van der Waals surface area contributed by atoms with Gasteiger partial charge in [-0.15, -0.1) is 0 Å². The molecule has 1 fully saturated rings. The molecule has 1 rings (SSSR count). The Morgan fingerprint density at radius 3 is 2.82 bits per heavy atom. The number of rotatable bonds is 2. The maximum Gasteiger partial charge on any atom is 0.0243 e. The minimum atomic E-state index is 0.473. The van der Waals surface area contributed by atoms with Crippen LogP contribution in [0.4, 0.5) is 0 Å². The summed E-state index contributed by atoms with van der Waals surface area (Å²) in [7, 11) is 2.02. The molecule has 0 saturated carbocycles. The maximum absolute atomic E-state index is 3.55. The molecule has 1 aliphatic rings. The number of nitrogens with one attached hydrogen (secondary N) is 2. The van der Waals surface area contributed by atoms with Gasteiger partial charge in [-0.1, -0.05) is 13.8 Å². The summed E-state index contributed by atoms with van der Waals surface area (Å²) < 4.78 is 0. The van der Waals surface area contributed by atoms with Crippen molar-refractivity contribution in [3.8, 4) is 0 Å². The fraction of sp³-hybridized carbons (Fsp3) is 1.00. The molecule has 0 aromatic heterocycles. The molecule has 0 aromatic rings. The highest BCUT2D eigenvalue weighted by atomic mass is 15.0. The van der Waals surface area contributed by atoms with E-state index in [0.717, 1.165) is 6.54 Å². The van der Waals surface area contributed by atoms with Gasteiger partial charge in [-0.3, -0.25) is 0 Å². The monoisotopic (exact) mass is 156 g/mol. The van der Waals surface area contributed by atoms with Gasteiger partial charge in [0.15, 0.2) is 0 Å². The molecule has 1 aliphatic heterocycles. The Labute approximate surface area is 69.8 Å². The van der Waals surface area contributed by atoms with Crippen LogP contribution in [0, 0.1) is 5.41 Å². The molecule has 1 heterocycles. The summed E-state index contributed by atoms with van der Waals surface area (Å²) in [5, 5.41) is 6.78. The van der Waals surface area contributed by atoms with Gasteiger partial charge in [0, 0.05) is 12.6 Å². The van der Waals surface area contributed by atoms with Crippen LogP contribution in [0.5, 0.6) is 0 Å². The van der Waals surface area contributed by atoms with E-state index in [9.17, 15) is 0 Å². The standard InChI is InChI=1S/C9H20N2/c1-9(2)5-4-6-11-8(9)7-10-3/h8,10-11H,4-7H2,1-3H3. The summed E-state index contributed by atoms with van der Waals surface area (Å²) in [6.45, 7) is 6.98. The lowest BCUT2D eigenvalue weighted by Crippen LogP contribution is -2.51. The van der Waals surface area contributed by atoms with E-state index in [1.54, 1.807) is 0 Å².